The van der Waals surface area contributed by atoms with Gasteiger partial charge >= 0.3 is 0 Å². The number of halogens is 2. The van der Waals surface area contributed by atoms with E-state index in [1.807, 2.05) is 11.8 Å². The van der Waals surface area contributed by atoms with Gasteiger partial charge in [-0.05, 0) is 24.6 Å². The molecule has 2 unspecified atom stereocenters. The van der Waals surface area contributed by atoms with Crippen LogP contribution in [0.15, 0.2) is 22.6 Å². The zero-order chi connectivity index (χ0) is 16.5. The van der Waals surface area contributed by atoms with E-state index in [9.17, 15) is 0 Å². The van der Waals surface area contributed by atoms with Crippen LogP contribution in [0.1, 0.15) is 12.3 Å². The number of nitrogens with zero attached hydrogens (tertiary/aromatic N) is 3. The number of thioether (sulfide) groups is 1. The van der Waals surface area contributed by atoms with Gasteiger partial charge in [-0.3, -0.25) is 4.90 Å². The van der Waals surface area contributed by atoms with E-state index >= 15 is 0 Å². The molecule has 0 saturated carbocycles. The molecule has 0 aliphatic carbocycles. The molecule has 24 heavy (non-hydrogen) atoms. The third kappa shape index (κ3) is 3.44. The van der Waals surface area contributed by atoms with E-state index in [4.69, 9.17) is 32.4 Å². The van der Waals surface area contributed by atoms with Gasteiger partial charge in [-0.2, -0.15) is 11.8 Å². The van der Waals surface area contributed by atoms with E-state index in [0.29, 0.717) is 45.2 Å². The van der Waals surface area contributed by atoms with Gasteiger partial charge < -0.3 is 9.15 Å². The van der Waals surface area contributed by atoms with Gasteiger partial charge in [0.25, 0.3) is 0 Å². The molecule has 0 bridgehead atoms. The fraction of sp³-hybridized carbons (Fsp3) is 0.500. The van der Waals surface area contributed by atoms with E-state index in [2.05, 4.69) is 15.1 Å². The molecule has 2 aromatic rings. The second kappa shape index (κ2) is 7.22. The van der Waals surface area contributed by atoms with Gasteiger partial charge in [0.1, 0.15) is 0 Å². The Morgan fingerprint density at radius 1 is 1.29 bits per heavy atom. The summed E-state index contributed by atoms with van der Waals surface area (Å²) in [6.07, 6.45) is 1.06. The summed E-state index contributed by atoms with van der Waals surface area (Å²) in [5.41, 5.74) is 0.706. The molecule has 128 valence electrons. The molecular formula is C16H17Cl2N3O2S. The third-order valence-electron chi connectivity index (χ3n) is 4.42. The first-order valence-corrected chi connectivity index (χ1v) is 9.72. The van der Waals surface area contributed by atoms with Gasteiger partial charge in [0.2, 0.25) is 11.8 Å². The first-order valence-electron chi connectivity index (χ1n) is 7.92. The van der Waals surface area contributed by atoms with Crippen LogP contribution in [0.3, 0.4) is 0 Å². The largest absolute Gasteiger partial charge is 0.419 e. The Bertz CT molecular complexity index is 725. The van der Waals surface area contributed by atoms with Crippen molar-refractivity contribution in [2.45, 2.75) is 24.3 Å². The second-order valence-corrected chi connectivity index (χ2v) is 8.13. The van der Waals surface area contributed by atoms with E-state index in [1.165, 1.54) is 0 Å². The smallest absolute Gasteiger partial charge is 0.249 e. The minimum Gasteiger partial charge on any atom is -0.419 e. The van der Waals surface area contributed by atoms with Crippen LogP contribution in [-0.2, 0) is 11.3 Å². The lowest BCUT2D eigenvalue weighted by molar-refractivity contribution is 0.0322. The zero-order valence-corrected chi connectivity index (χ0v) is 15.3. The first kappa shape index (κ1) is 16.7. The summed E-state index contributed by atoms with van der Waals surface area (Å²) >= 11 is 14.2. The van der Waals surface area contributed by atoms with Crippen LogP contribution in [0.25, 0.3) is 11.5 Å². The molecule has 1 aromatic carbocycles. The highest BCUT2D eigenvalue weighted by Gasteiger charge is 2.35. The molecule has 5 nitrogen and oxygen atoms in total. The van der Waals surface area contributed by atoms with Crippen molar-refractivity contribution in [1.29, 1.82) is 0 Å². The molecule has 0 spiro atoms. The third-order valence-corrected chi connectivity index (χ3v) is 6.26. The molecule has 3 heterocycles. The van der Waals surface area contributed by atoms with Crippen LogP contribution in [0.4, 0.5) is 0 Å². The molecule has 4 rings (SSSR count). The molecule has 2 aliphatic heterocycles. The Labute approximate surface area is 154 Å². The Morgan fingerprint density at radius 3 is 3.08 bits per heavy atom. The van der Waals surface area contributed by atoms with Gasteiger partial charge in [0.15, 0.2) is 0 Å². The van der Waals surface area contributed by atoms with E-state index in [0.717, 1.165) is 31.9 Å². The Balaban J connectivity index is 1.50. The molecule has 8 heteroatoms. The van der Waals surface area contributed by atoms with Crippen molar-refractivity contribution < 1.29 is 9.15 Å². The Kier molecular flexibility index (Phi) is 5.01. The summed E-state index contributed by atoms with van der Waals surface area (Å²) in [5, 5.41) is 9.98. The predicted octanol–water partition coefficient (Wildman–Crippen LogP) is 3.75. The number of aromatic nitrogens is 2. The Hall–Kier alpha value is -0.790. The van der Waals surface area contributed by atoms with Gasteiger partial charge in [-0.25, -0.2) is 0 Å². The zero-order valence-electron chi connectivity index (χ0n) is 13.0. The van der Waals surface area contributed by atoms with Gasteiger partial charge in [-0.15, -0.1) is 10.2 Å². The molecule has 1 aromatic heterocycles. The monoisotopic (exact) mass is 385 g/mol. The lowest BCUT2D eigenvalue weighted by Crippen LogP contribution is -2.51. The number of hydrogen-bond donors (Lipinski definition) is 0. The average molecular weight is 386 g/mol. The molecule has 2 aliphatic rings. The highest BCUT2D eigenvalue weighted by molar-refractivity contribution is 8.00. The topological polar surface area (TPSA) is 51.4 Å². The van der Waals surface area contributed by atoms with E-state index in [1.54, 1.807) is 18.2 Å². The van der Waals surface area contributed by atoms with Crippen molar-refractivity contribution >= 4 is 35.0 Å². The Morgan fingerprint density at radius 2 is 2.21 bits per heavy atom. The summed E-state index contributed by atoms with van der Waals surface area (Å²) < 4.78 is 11.4. The van der Waals surface area contributed by atoms with Gasteiger partial charge in [0, 0.05) is 35.2 Å². The quantitative estimate of drug-likeness (QED) is 0.801. The summed E-state index contributed by atoms with van der Waals surface area (Å²) in [6, 6.07) is 5.76. The molecule has 0 N–H and O–H groups in total. The standard InChI is InChI=1S/C16H17Cl2N3O2S/c17-10-1-2-11(12(18)7-10)16-20-19-15(23-16)8-21-4-6-24-14-9-22-5-3-13(14)21/h1-2,7,13-14H,3-6,8-9H2. The van der Waals surface area contributed by atoms with Crippen molar-refractivity contribution in [3.05, 3.63) is 34.1 Å². The second-order valence-electron chi connectivity index (χ2n) is 5.94. The summed E-state index contributed by atoms with van der Waals surface area (Å²) in [5.74, 6) is 2.16. The fourth-order valence-corrected chi connectivity index (χ4v) is 5.08. The lowest BCUT2D eigenvalue weighted by Gasteiger charge is -2.42. The highest BCUT2D eigenvalue weighted by Crippen LogP contribution is 2.32. The number of benzene rings is 1. The normalized spacial score (nSPS) is 24.8. The van der Waals surface area contributed by atoms with Crippen molar-refractivity contribution in [1.82, 2.24) is 15.1 Å². The summed E-state index contributed by atoms with van der Waals surface area (Å²) in [6.45, 7) is 3.36. The maximum absolute atomic E-state index is 6.22. The van der Waals surface area contributed by atoms with Crippen LogP contribution >= 0.6 is 35.0 Å². The van der Waals surface area contributed by atoms with E-state index in [-0.39, 0.29) is 0 Å². The number of hydrogen-bond acceptors (Lipinski definition) is 6. The first-order chi connectivity index (χ1) is 11.7. The number of fused-ring (bicyclic) bond motifs is 1. The number of rotatable bonds is 3. The molecule has 2 atom stereocenters. The number of ether oxygens (including phenoxy) is 1. The van der Waals surface area contributed by atoms with Crippen molar-refractivity contribution in [2.24, 2.45) is 0 Å². The van der Waals surface area contributed by atoms with E-state index < -0.39 is 0 Å². The van der Waals surface area contributed by atoms with Crippen LogP contribution in [0.2, 0.25) is 10.0 Å². The van der Waals surface area contributed by atoms with Crippen molar-refractivity contribution in [3.8, 4) is 11.5 Å². The van der Waals surface area contributed by atoms with Crippen LogP contribution < -0.4 is 0 Å². The molecule has 0 amide bonds. The maximum atomic E-state index is 6.22. The van der Waals surface area contributed by atoms with Crippen LogP contribution in [-0.4, -0.2) is 51.9 Å². The van der Waals surface area contributed by atoms with Gasteiger partial charge in [0.05, 0.1) is 23.7 Å². The van der Waals surface area contributed by atoms with Crippen molar-refractivity contribution in [3.63, 3.8) is 0 Å². The summed E-state index contributed by atoms with van der Waals surface area (Å²) in [7, 11) is 0. The SMILES string of the molecule is Clc1ccc(-c2nnc(CN3CCSC4COCCC43)o2)c(Cl)c1. The average Bonchev–Trinajstić information content (AvgIpc) is 3.03. The molecule has 2 fully saturated rings. The fourth-order valence-electron chi connectivity index (χ4n) is 3.22. The highest BCUT2D eigenvalue weighted by atomic mass is 35.5. The molecular weight excluding hydrogens is 369 g/mol. The lowest BCUT2D eigenvalue weighted by atomic mass is 10.1. The molecule has 0 radical (unpaired) electrons. The molecule has 2 saturated heterocycles. The predicted molar refractivity (Wildman–Crippen MR) is 95.6 cm³/mol. The summed E-state index contributed by atoms with van der Waals surface area (Å²) in [4.78, 5) is 2.43. The minimum absolute atomic E-state index is 0.432. The minimum atomic E-state index is 0.432. The van der Waals surface area contributed by atoms with Crippen LogP contribution in [0.5, 0.6) is 0 Å². The van der Waals surface area contributed by atoms with Crippen LogP contribution in [0, 0.1) is 0 Å². The van der Waals surface area contributed by atoms with Gasteiger partial charge in [-0.1, -0.05) is 23.2 Å². The van der Waals surface area contributed by atoms with Crippen molar-refractivity contribution in [2.75, 3.05) is 25.5 Å². The maximum Gasteiger partial charge on any atom is 0.249 e.